The SMILES string of the molecule is Cc1ccc([N+](=O)[O-])c(NC2CCCN(C)CC2)c1. The molecule has 1 unspecified atom stereocenters. The van der Waals surface area contributed by atoms with E-state index in [0.29, 0.717) is 11.7 Å². The van der Waals surface area contributed by atoms with E-state index in [1.165, 1.54) is 0 Å². The molecule has 1 N–H and O–H groups in total. The van der Waals surface area contributed by atoms with Crippen LogP contribution < -0.4 is 5.32 Å². The summed E-state index contributed by atoms with van der Waals surface area (Å²) in [4.78, 5) is 13.0. The van der Waals surface area contributed by atoms with Gasteiger partial charge in [0.1, 0.15) is 5.69 Å². The molecular formula is C14H21N3O2. The Labute approximate surface area is 113 Å². The molecule has 1 aliphatic heterocycles. The van der Waals surface area contributed by atoms with E-state index >= 15 is 0 Å². The maximum Gasteiger partial charge on any atom is 0.292 e. The third kappa shape index (κ3) is 3.67. The van der Waals surface area contributed by atoms with Crippen LogP contribution in [-0.4, -0.2) is 36.0 Å². The van der Waals surface area contributed by atoms with Crippen LogP contribution in [0.1, 0.15) is 24.8 Å². The smallest absolute Gasteiger partial charge is 0.292 e. The fraction of sp³-hybridized carbons (Fsp3) is 0.571. The van der Waals surface area contributed by atoms with Crippen molar-refractivity contribution in [1.29, 1.82) is 0 Å². The molecule has 0 aromatic heterocycles. The number of hydrogen-bond acceptors (Lipinski definition) is 4. The molecule has 1 aromatic rings. The van der Waals surface area contributed by atoms with Gasteiger partial charge in [-0.3, -0.25) is 10.1 Å². The number of aryl methyl sites for hydroxylation is 1. The van der Waals surface area contributed by atoms with Crippen LogP contribution >= 0.6 is 0 Å². The average Bonchev–Trinajstić information content (AvgIpc) is 2.54. The molecule has 1 saturated heterocycles. The van der Waals surface area contributed by atoms with E-state index in [2.05, 4.69) is 17.3 Å². The second kappa shape index (κ2) is 6.02. The van der Waals surface area contributed by atoms with Gasteiger partial charge in [-0.15, -0.1) is 0 Å². The van der Waals surface area contributed by atoms with Crippen LogP contribution in [0.15, 0.2) is 18.2 Å². The molecule has 0 aliphatic carbocycles. The molecule has 1 fully saturated rings. The second-order valence-electron chi connectivity index (χ2n) is 5.35. The summed E-state index contributed by atoms with van der Waals surface area (Å²) in [6.07, 6.45) is 3.23. The van der Waals surface area contributed by atoms with Crippen LogP contribution in [0.4, 0.5) is 11.4 Å². The van der Waals surface area contributed by atoms with Gasteiger partial charge in [0, 0.05) is 12.1 Å². The summed E-state index contributed by atoms with van der Waals surface area (Å²) in [6, 6.07) is 5.56. The zero-order valence-electron chi connectivity index (χ0n) is 11.6. The van der Waals surface area contributed by atoms with Gasteiger partial charge in [0.15, 0.2) is 0 Å². The molecule has 104 valence electrons. The molecule has 1 atom stereocenters. The van der Waals surface area contributed by atoms with Gasteiger partial charge in [-0.05, 0) is 58.0 Å². The van der Waals surface area contributed by atoms with Crippen LogP contribution in [0.3, 0.4) is 0 Å². The van der Waals surface area contributed by atoms with Gasteiger partial charge >= 0.3 is 0 Å². The lowest BCUT2D eigenvalue weighted by atomic mass is 10.1. The Morgan fingerprint density at radius 3 is 2.89 bits per heavy atom. The number of rotatable bonds is 3. The van der Waals surface area contributed by atoms with Crippen molar-refractivity contribution in [2.24, 2.45) is 0 Å². The van der Waals surface area contributed by atoms with Crippen LogP contribution in [0.25, 0.3) is 0 Å². The number of likely N-dealkylation sites (tertiary alicyclic amines) is 1. The molecule has 0 saturated carbocycles. The molecule has 1 aromatic carbocycles. The molecule has 1 aliphatic rings. The first-order chi connectivity index (χ1) is 9.06. The highest BCUT2D eigenvalue weighted by Crippen LogP contribution is 2.27. The summed E-state index contributed by atoms with van der Waals surface area (Å²) in [5, 5.41) is 14.4. The first kappa shape index (κ1) is 13.8. The van der Waals surface area contributed by atoms with Crippen LogP contribution in [0.5, 0.6) is 0 Å². The summed E-state index contributed by atoms with van der Waals surface area (Å²) in [5.74, 6) is 0. The van der Waals surface area contributed by atoms with Crippen molar-refractivity contribution >= 4 is 11.4 Å². The summed E-state index contributed by atoms with van der Waals surface area (Å²) >= 11 is 0. The minimum atomic E-state index is -0.315. The van der Waals surface area contributed by atoms with E-state index in [9.17, 15) is 10.1 Å². The number of nitrogens with one attached hydrogen (secondary N) is 1. The highest BCUT2D eigenvalue weighted by molar-refractivity contribution is 5.63. The number of benzene rings is 1. The number of anilines is 1. The first-order valence-electron chi connectivity index (χ1n) is 6.76. The summed E-state index contributed by atoms with van der Waals surface area (Å²) < 4.78 is 0. The van der Waals surface area contributed by atoms with Crippen molar-refractivity contribution in [2.75, 3.05) is 25.5 Å². The van der Waals surface area contributed by atoms with Gasteiger partial charge in [-0.1, -0.05) is 6.07 Å². The topological polar surface area (TPSA) is 58.4 Å². The molecule has 5 nitrogen and oxygen atoms in total. The standard InChI is InChI=1S/C14H21N3O2/c1-11-5-6-14(17(18)19)13(10-11)15-12-4-3-8-16(2)9-7-12/h5-6,10,12,15H,3-4,7-9H2,1-2H3. The Balaban J connectivity index is 2.13. The zero-order valence-corrected chi connectivity index (χ0v) is 11.6. The lowest BCUT2D eigenvalue weighted by Crippen LogP contribution is -2.23. The lowest BCUT2D eigenvalue weighted by molar-refractivity contribution is -0.384. The van der Waals surface area contributed by atoms with E-state index in [-0.39, 0.29) is 10.6 Å². The lowest BCUT2D eigenvalue weighted by Gasteiger charge is -2.18. The van der Waals surface area contributed by atoms with E-state index in [0.717, 1.165) is 37.9 Å². The first-order valence-corrected chi connectivity index (χ1v) is 6.76. The second-order valence-corrected chi connectivity index (χ2v) is 5.35. The van der Waals surface area contributed by atoms with E-state index < -0.39 is 0 Å². The van der Waals surface area contributed by atoms with Gasteiger partial charge in [-0.25, -0.2) is 0 Å². The van der Waals surface area contributed by atoms with E-state index in [1.807, 2.05) is 13.0 Å². The Kier molecular flexibility index (Phi) is 4.37. The minimum Gasteiger partial charge on any atom is -0.377 e. The van der Waals surface area contributed by atoms with Gasteiger partial charge in [-0.2, -0.15) is 0 Å². The Morgan fingerprint density at radius 2 is 2.16 bits per heavy atom. The fourth-order valence-corrected chi connectivity index (χ4v) is 2.53. The monoisotopic (exact) mass is 263 g/mol. The molecule has 0 radical (unpaired) electrons. The van der Waals surface area contributed by atoms with Crippen molar-refractivity contribution < 1.29 is 4.92 Å². The van der Waals surface area contributed by atoms with Crippen molar-refractivity contribution in [3.05, 3.63) is 33.9 Å². The van der Waals surface area contributed by atoms with Gasteiger partial charge in [0.25, 0.3) is 5.69 Å². The Bertz CT molecular complexity index is 462. The van der Waals surface area contributed by atoms with E-state index in [4.69, 9.17) is 0 Å². The number of nitro groups is 1. The van der Waals surface area contributed by atoms with E-state index in [1.54, 1.807) is 12.1 Å². The fourth-order valence-electron chi connectivity index (χ4n) is 2.53. The maximum absolute atomic E-state index is 11.1. The third-order valence-electron chi connectivity index (χ3n) is 3.66. The summed E-state index contributed by atoms with van der Waals surface area (Å²) in [7, 11) is 2.12. The maximum atomic E-state index is 11.1. The van der Waals surface area contributed by atoms with Gasteiger partial charge < -0.3 is 10.2 Å². The number of nitro benzene ring substituents is 1. The predicted octanol–water partition coefficient (Wildman–Crippen LogP) is 2.80. The molecule has 1 heterocycles. The molecular weight excluding hydrogens is 242 g/mol. The minimum absolute atomic E-state index is 0.170. The molecule has 5 heteroatoms. The largest absolute Gasteiger partial charge is 0.377 e. The van der Waals surface area contributed by atoms with Crippen molar-refractivity contribution in [2.45, 2.75) is 32.2 Å². The molecule has 19 heavy (non-hydrogen) atoms. The van der Waals surface area contributed by atoms with Crippen molar-refractivity contribution in [3.8, 4) is 0 Å². The van der Waals surface area contributed by atoms with Crippen LogP contribution in [-0.2, 0) is 0 Å². The van der Waals surface area contributed by atoms with Crippen LogP contribution in [0, 0.1) is 17.0 Å². The Hall–Kier alpha value is -1.62. The number of hydrogen-bond donors (Lipinski definition) is 1. The van der Waals surface area contributed by atoms with Crippen molar-refractivity contribution in [1.82, 2.24) is 4.90 Å². The predicted molar refractivity (Wildman–Crippen MR) is 76.6 cm³/mol. The highest BCUT2D eigenvalue weighted by Gasteiger charge is 2.19. The molecule has 0 spiro atoms. The molecule has 2 rings (SSSR count). The summed E-state index contributed by atoms with van der Waals surface area (Å²) in [5.41, 5.74) is 1.86. The molecule has 0 amide bonds. The van der Waals surface area contributed by atoms with Crippen LogP contribution in [0.2, 0.25) is 0 Å². The Morgan fingerprint density at radius 1 is 1.37 bits per heavy atom. The summed E-state index contributed by atoms with van der Waals surface area (Å²) in [6.45, 7) is 4.10. The quantitative estimate of drug-likeness (QED) is 0.673. The third-order valence-corrected chi connectivity index (χ3v) is 3.66. The van der Waals surface area contributed by atoms with Gasteiger partial charge in [0.2, 0.25) is 0 Å². The van der Waals surface area contributed by atoms with Crippen molar-refractivity contribution in [3.63, 3.8) is 0 Å². The number of nitrogens with zero attached hydrogens (tertiary/aromatic N) is 2. The average molecular weight is 263 g/mol. The highest BCUT2D eigenvalue weighted by atomic mass is 16.6. The normalized spacial score (nSPS) is 20.8. The van der Waals surface area contributed by atoms with Gasteiger partial charge in [0.05, 0.1) is 4.92 Å². The zero-order chi connectivity index (χ0) is 13.8. The molecule has 0 bridgehead atoms.